The predicted octanol–water partition coefficient (Wildman–Crippen LogP) is 0.913. The highest BCUT2D eigenvalue weighted by molar-refractivity contribution is 7.89. The van der Waals surface area contributed by atoms with Crippen LogP contribution in [0.1, 0.15) is 31.2 Å². The molecule has 0 unspecified atom stereocenters. The molecule has 1 heterocycles. The summed E-state index contributed by atoms with van der Waals surface area (Å²) in [6, 6.07) is 0. The third-order valence-corrected chi connectivity index (χ3v) is 5.16. The fourth-order valence-electron chi connectivity index (χ4n) is 2.08. The van der Waals surface area contributed by atoms with Gasteiger partial charge in [0.05, 0.1) is 11.4 Å². The molecule has 0 bridgehead atoms. The van der Waals surface area contributed by atoms with Gasteiger partial charge in [-0.25, -0.2) is 12.7 Å². The van der Waals surface area contributed by atoms with Gasteiger partial charge in [-0.1, -0.05) is 6.92 Å². The van der Waals surface area contributed by atoms with Crippen LogP contribution in [0.2, 0.25) is 0 Å². The summed E-state index contributed by atoms with van der Waals surface area (Å²) in [4.78, 5) is 0.293. The van der Waals surface area contributed by atoms with Crippen LogP contribution in [0.25, 0.3) is 0 Å². The summed E-state index contributed by atoms with van der Waals surface area (Å²) in [7, 11) is -1.89. The number of aliphatic hydroxyl groups excluding tert-OH is 1. The second-order valence-corrected chi connectivity index (χ2v) is 6.61. The number of hydrogen-bond donors (Lipinski definition) is 1. The van der Waals surface area contributed by atoms with Crippen molar-refractivity contribution in [3.8, 4) is 0 Å². The zero-order valence-corrected chi connectivity index (χ0v) is 12.9. The molecule has 0 radical (unpaired) electrons. The number of aryl methyl sites for hydroxylation is 2. The van der Waals surface area contributed by atoms with Crippen molar-refractivity contribution in [2.45, 2.75) is 45.1 Å². The van der Waals surface area contributed by atoms with E-state index >= 15 is 0 Å². The Labute approximate surface area is 115 Å². The zero-order valence-electron chi connectivity index (χ0n) is 12.0. The molecule has 0 aliphatic rings. The summed E-state index contributed by atoms with van der Waals surface area (Å²) in [6.45, 7) is 6.48. The van der Waals surface area contributed by atoms with Crippen molar-refractivity contribution >= 4 is 10.0 Å². The van der Waals surface area contributed by atoms with E-state index in [9.17, 15) is 8.42 Å². The van der Waals surface area contributed by atoms with Crippen LogP contribution >= 0.6 is 0 Å². The van der Waals surface area contributed by atoms with Gasteiger partial charge in [-0.05, 0) is 26.7 Å². The second kappa shape index (κ2) is 6.49. The number of aliphatic hydroxyl groups is 1. The minimum atomic E-state index is -3.48. The maximum Gasteiger partial charge on any atom is 0.246 e. The molecule has 110 valence electrons. The van der Waals surface area contributed by atoms with Gasteiger partial charge in [0, 0.05) is 26.7 Å². The van der Waals surface area contributed by atoms with E-state index in [2.05, 4.69) is 5.10 Å². The van der Waals surface area contributed by atoms with Gasteiger partial charge >= 0.3 is 0 Å². The molecular weight excluding hydrogens is 266 g/mol. The van der Waals surface area contributed by atoms with Gasteiger partial charge in [-0.3, -0.25) is 4.68 Å². The van der Waals surface area contributed by atoms with Gasteiger partial charge in [-0.15, -0.1) is 0 Å². The Morgan fingerprint density at radius 2 is 2.00 bits per heavy atom. The first-order valence-electron chi connectivity index (χ1n) is 6.47. The Kier molecular flexibility index (Phi) is 5.51. The summed E-state index contributed by atoms with van der Waals surface area (Å²) >= 11 is 0. The van der Waals surface area contributed by atoms with E-state index in [1.165, 1.54) is 4.31 Å². The summed E-state index contributed by atoms with van der Waals surface area (Å²) < 4.78 is 28.0. The van der Waals surface area contributed by atoms with Crippen molar-refractivity contribution in [1.82, 2.24) is 14.1 Å². The largest absolute Gasteiger partial charge is 0.396 e. The van der Waals surface area contributed by atoms with Crippen molar-refractivity contribution in [2.75, 3.05) is 20.2 Å². The van der Waals surface area contributed by atoms with Crippen LogP contribution in [0.3, 0.4) is 0 Å². The predicted molar refractivity (Wildman–Crippen MR) is 73.5 cm³/mol. The Bertz CT molecular complexity index is 523. The third-order valence-electron chi connectivity index (χ3n) is 3.05. The molecule has 1 N–H and O–H groups in total. The quantitative estimate of drug-likeness (QED) is 0.809. The molecule has 0 aliphatic heterocycles. The van der Waals surface area contributed by atoms with E-state index in [1.54, 1.807) is 25.6 Å². The van der Waals surface area contributed by atoms with Gasteiger partial charge in [0.25, 0.3) is 0 Å². The van der Waals surface area contributed by atoms with Crippen LogP contribution in [0.5, 0.6) is 0 Å². The molecule has 7 heteroatoms. The first kappa shape index (κ1) is 16.1. The monoisotopic (exact) mass is 289 g/mol. The molecule has 19 heavy (non-hydrogen) atoms. The Morgan fingerprint density at radius 3 is 2.53 bits per heavy atom. The maximum atomic E-state index is 12.5. The third kappa shape index (κ3) is 3.34. The van der Waals surface area contributed by atoms with E-state index in [0.717, 1.165) is 6.42 Å². The van der Waals surface area contributed by atoms with Crippen molar-refractivity contribution in [1.29, 1.82) is 0 Å². The first-order chi connectivity index (χ1) is 8.86. The van der Waals surface area contributed by atoms with E-state index in [4.69, 9.17) is 5.11 Å². The Hall–Kier alpha value is -0.920. The summed E-state index contributed by atoms with van der Waals surface area (Å²) in [5.41, 5.74) is 1.15. The van der Waals surface area contributed by atoms with Crippen molar-refractivity contribution in [3.63, 3.8) is 0 Å². The van der Waals surface area contributed by atoms with Gasteiger partial charge in [0.2, 0.25) is 10.0 Å². The smallest absolute Gasteiger partial charge is 0.246 e. The van der Waals surface area contributed by atoms with Gasteiger partial charge in [0.15, 0.2) is 0 Å². The lowest BCUT2D eigenvalue weighted by Gasteiger charge is -2.16. The molecule has 1 aromatic heterocycles. The first-order valence-corrected chi connectivity index (χ1v) is 7.91. The molecule has 0 aromatic carbocycles. The van der Waals surface area contributed by atoms with Crippen LogP contribution < -0.4 is 0 Å². The lowest BCUT2D eigenvalue weighted by Crippen LogP contribution is -2.28. The fraction of sp³-hybridized carbons (Fsp3) is 0.750. The van der Waals surface area contributed by atoms with Crippen molar-refractivity contribution in [2.24, 2.45) is 0 Å². The maximum absolute atomic E-state index is 12.5. The van der Waals surface area contributed by atoms with E-state index < -0.39 is 10.0 Å². The molecule has 0 saturated carbocycles. The molecule has 0 amide bonds. The van der Waals surface area contributed by atoms with E-state index in [1.807, 2.05) is 6.92 Å². The number of hydrogen-bond acceptors (Lipinski definition) is 4. The molecule has 1 rings (SSSR count). The molecule has 0 saturated heterocycles. The molecule has 6 nitrogen and oxygen atoms in total. The van der Waals surface area contributed by atoms with E-state index in [0.29, 0.717) is 35.8 Å². The number of rotatable bonds is 7. The highest BCUT2D eigenvalue weighted by Gasteiger charge is 2.27. The fourth-order valence-corrected chi connectivity index (χ4v) is 3.71. The van der Waals surface area contributed by atoms with E-state index in [-0.39, 0.29) is 6.61 Å². The van der Waals surface area contributed by atoms with Crippen LogP contribution in [-0.4, -0.2) is 47.8 Å². The molecule has 0 fully saturated rings. The number of nitrogens with zero attached hydrogens (tertiary/aromatic N) is 3. The standard InChI is InChI=1S/C12H23N3O3S/c1-5-7-14(4)19(17,18)12-10(2)13-15(11(12)3)8-6-9-16/h16H,5-9H2,1-4H3. The molecular formula is C12H23N3O3S. The normalized spacial score (nSPS) is 12.3. The zero-order chi connectivity index (χ0) is 14.6. The average Bonchev–Trinajstić information content (AvgIpc) is 2.62. The van der Waals surface area contributed by atoms with Crippen molar-refractivity contribution in [3.05, 3.63) is 11.4 Å². The average molecular weight is 289 g/mol. The molecule has 0 spiro atoms. The number of sulfonamides is 1. The summed E-state index contributed by atoms with van der Waals surface area (Å²) in [5.74, 6) is 0. The van der Waals surface area contributed by atoms with Gasteiger partial charge < -0.3 is 5.11 Å². The summed E-state index contributed by atoms with van der Waals surface area (Å²) in [5, 5.41) is 13.1. The highest BCUT2D eigenvalue weighted by Crippen LogP contribution is 2.22. The highest BCUT2D eigenvalue weighted by atomic mass is 32.2. The number of aromatic nitrogens is 2. The van der Waals surface area contributed by atoms with Gasteiger partial charge in [-0.2, -0.15) is 5.10 Å². The minimum absolute atomic E-state index is 0.0656. The SMILES string of the molecule is CCCN(C)S(=O)(=O)c1c(C)nn(CCCO)c1C. The Balaban J connectivity index is 3.17. The lowest BCUT2D eigenvalue weighted by atomic mass is 10.4. The molecule has 0 atom stereocenters. The van der Waals surface area contributed by atoms with Crippen LogP contribution in [0.4, 0.5) is 0 Å². The molecule has 0 aliphatic carbocycles. The van der Waals surface area contributed by atoms with Crippen LogP contribution in [0.15, 0.2) is 4.90 Å². The second-order valence-electron chi connectivity index (χ2n) is 4.63. The minimum Gasteiger partial charge on any atom is -0.396 e. The summed E-state index contributed by atoms with van der Waals surface area (Å²) in [6.07, 6.45) is 1.33. The van der Waals surface area contributed by atoms with Crippen LogP contribution in [-0.2, 0) is 16.6 Å². The van der Waals surface area contributed by atoms with Crippen LogP contribution in [0, 0.1) is 13.8 Å². The molecule has 1 aromatic rings. The van der Waals surface area contributed by atoms with Crippen molar-refractivity contribution < 1.29 is 13.5 Å². The van der Waals surface area contributed by atoms with Gasteiger partial charge in [0.1, 0.15) is 4.90 Å². The Morgan fingerprint density at radius 1 is 1.37 bits per heavy atom. The topological polar surface area (TPSA) is 75.4 Å². The lowest BCUT2D eigenvalue weighted by molar-refractivity contribution is 0.276.